The maximum Gasteiger partial charge on any atom is 0.330 e. The van der Waals surface area contributed by atoms with Crippen LogP contribution in [0.5, 0.6) is 0 Å². The van der Waals surface area contributed by atoms with E-state index in [-0.39, 0.29) is 17.9 Å². The molecule has 0 bridgehead atoms. The van der Waals surface area contributed by atoms with Crippen molar-refractivity contribution in [2.75, 3.05) is 13.2 Å². The molecule has 1 saturated carbocycles. The van der Waals surface area contributed by atoms with E-state index in [2.05, 4.69) is 5.32 Å². The number of rotatable bonds is 3. The largest absolute Gasteiger partial charge is 0.378 e. The van der Waals surface area contributed by atoms with E-state index in [1.54, 1.807) is 0 Å². The van der Waals surface area contributed by atoms with Gasteiger partial charge in [-0.2, -0.15) is 0 Å². The van der Waals surface area contributed by atoms with Gasteiger partial charge in [-0.1, -0.05) is 19.8 Å². The third-order valence-corrected chi connectivity index (χ3v) is 5.18. The molecule has 2 unspecified atom stereocenters. The molecule has 0 aromatic rings. The van der Waals surface area contributed by atoms with Gasteiger partial charge in [0.2, 0.25) is 11.8 Å². The molecule has 0 aromatic heterocycles. The fourth-order valence-electron chi connectivity index (χ4n) is 3.90. The normalized spacial score (nSPS) is 32.0. The standard InChI is InChI=1S/C15H22N2O4/c1-2-11-10(5-8-21-11)9-17-13(19)15(6-3-4-7-15)12(18)16-14(17)20/h10-11H,2-9H2,1H3,(H,16,18,20). The summed E-state index contributed by atoms with van der Waals surface area (Å²) in [5, 5.41) is 2.39. The number of barbiturate groups is 1. The third kappa shape index (κ3) is 2.25. The maximum absolute atomic E-state index is 12.8. The minimum atomic E-state index is -0.991. The number of carbonyl (C=O) groups excluding carboxylic acids is 3. The summed E-state index contributed by atoms with van der Waals surface area (Å²) in [7, 11) is 0. The summed E-state index contributed by atoms with van der Waals surface area (Å²) in [5.74, 6) is -0.521. The van der Waals surface area contributed by atoms with Crippen LogP contribution in [-0.4, -0.2) is 42.0 Å². The zero-order valence-electron chi connectivity index (χ0n) is 12.4. The Kier molecular flexibility index (Phi) is 3.73. The highest BCUT2D eigenvalue weighted by atomic mass is 16.5. The van der Waals surface area contributed by atoms with Crippen molar-refractivity contribution in [1.82, 2.24) is 10.2 Å². The number of imide groups is 2. The van der Waals surface area contributed by atoms with Crippen LogP contribution in [0.15, 0.2) is 0 Å². The van der Waals surface area contributed by atoms with Gasteiger partial charge in [0.1, 0.15) is 5.41 Å². The smallest absolute Gasteiger partial charge is 0.330 e. The highest BCUT2D eigenvalue weighted by Gasteiger charge is 2.55. The molecule has 0 aromatic carbocycles. The Morgan fingerprint density at radius 2 is 2.00 bits per heavy atom. The molecule has 2 aliphatic heterocycles. The molecule has 21 heavy (non-hydrogen) atoms. The van der Waals surface area contributed by atoms with Crippen molar-refractivity contribution in [3.05, 3.63) is 0 Å². The average molecular weight is 294 g/mol. The van der Waals surface area contributed by atoms with Crippen LogP contribution in [0.2, 0.25) is 0 Å². The summed E-state index contributed by atoms with van der Waals surface area (Å²) in [6.45, 7) is 3.08. The molecule has 3 aliphatic rings. The van der Waals surface area contributed by atoms with Gasteiger partial charge in [0.15, 0.2) is 0 Å². The monoisotopic (exact) mass is 294 g/mol. The van der Waals surface area contributed by atoms with Gasteiger partial charge in [-0.15, -0.1) is 0 Å². The van der Waals surface area contributed by atoms with Crippen molar-refractivity contribution in [2.24, 2.45) is 11.3 Å². The third-order valence-electron chi connectivity index (χ3n) is 5.18. The fourth-order valence-corrected chi connectivity index (χ4v) is 3.90. The Hall–Kier alpha value is -1.43. The molecule has 6 heteroatoms. The lowest BCUT2D eigenvalue weighted by molar-refractivity contribution is -0.151. The van der Waals surface area contributed by atoms with Gasteiger partial charge < -0.3 is 4.74 Å². The highest BCUT2D eigenvalue weighted by molar-refractivity contribution is 6.19. The Morgan fingerprint density at radius 3 is 2.67 bits per heavy atom. The highest BCUT2D eigenvalue weighted by Crippen LogP contribution is 2.42. The minimum Gasteiger partial charge on any atom is -0.378 e. The van der Waals surface area contributed by atoms with Crippen molar-refractivity contribution in [3.8, 4) is 0 Å². The minimum absolute atomic E-state index is 0.0998. The van der Waals surface area contributed by atoms with Crippen LogP contribution in [0.1, 0.15) is 45.4 Å². The van der Waals surface area contributed by atoms with Gasteiger partial charge in [-0.05, 0) is 25.7 Å². The first-order valence-electron chi connectivity index (χ1n) is 7.87. The number of amides is 4. The van der Waals surface area contributed by atoms with Crippen LogP contribution in [0.4, 0.5) is 4.79 Å². The van der Waals surface area contributed by atoms with Crippen LogP contribution in [0.25, 0.3) is 0 Å². The summed E-state index contributed by atoms with van der Waals surface area (Å²) in [5.41, 5.74) is -0.991. The van der Waals surface area contributed by atoms with Crippen molar-refractivity contribution in [1.29, 1.82) is 0 Å². The van der Waals surface area contributed by atoms with Gasteiger partial charge in [0, 0.05) is 19.1 Å². The average Bonchev–Trinajstić information content (AvgIpc) is 3.11. The van der Waals surface area contributed by atoms with Crippen LogP contribution in [0, 0.1) is 11.3 Å². The molecule has 1 N–H and O–H groups in total. The summed E-state index contributed by atoms with van der Waals surface area (Å²) in [4.78, 5) is 38.2. The van der Waals surface area contributed by atoms with Gasteiger partial charge in [0.05, 0.1) is 6.10 Å². The molecule has 3 fully saturated rings. The number of urea groups is 1. The molecule has 1 spiro atoms. The maximum atomic E-state index is 12.8. The lowest BCUT2D eigenvalue weighted by atomic mass is 9.81. The molecule has 0 radical (unpaired) electrons. The van der Waals surface area contributed by atoms with E-state index in [1.807, 2.05) is 6.92 Å². The van der Waals surface area contributed by atoms with E-state index < -0.39 is 17.4 Å². The molecule has 116 valence electrons. The molecular formula is C15H22N2O4. The molecular weight excluding hydrogens is 272 g/mol. The topological polar surface area (TPSA) is 75.7 Å². The van der Waals surface area contributed by atoms with E-state index in [0.717, 1.165) is 25.7 Å². The fraction of sp³-hybridized carbons (Fsp3) is 0.800. The Labute approximate surface area is 124 Å². The molecule has 1 aliphatic carbocycles. The zero-order valence-corrected chi connectivity index (χ0v) is 12.4. The summed E-state index contributed by atoms with van der Waals surface area (Å²) >= 11 is 0. The van der Waals surface area contributed by atoms with Crippen molar-refractivity contribution in [3.63, 3.8) is 0 Å². The van der Waals surface area contributed by atoms with E-state index in [0.29, 0.717) is 26.0 Å². The lowest BCUT2D eigenvalue weighted by Crippen LogP contribution is -2.63. The number of carbonyl (C=O) groups is 3. The first-order chi connectivity index (χ1) is 10.1. The number of nitrogens with zero attached hydrogens (tertiary/aromatic N) is 1. The summed E-state index contributed by atoms with van der Waals surface area (Å²) in [6.07, 6.45) is 4.67. The van der Waals surface area contributed by atoms with Crippen LogP contribution in [0.3, 0.4) is 0 Å². The molecule has 6 nitrogen and oxygen atoms in total. The second-order valence-electron chi connectivity index (χ2n) is 6.33. The van der Waals surface area contributed by atoms with E-state index in [9.17, 15) is 14.4 Å². The van der Waals surface area contributed by atoms with Gasteiger partial charge in [-0.3, -0.25) is 19.8 Å². The number of ether oxygens (including phenoxy) is 1. The lowest BCUT2D eigenvalue weighted by Gasteiger charge is -2.38. The van der Waals surface area contributed by atoms with Gasteiger partial charge >= 0.3 is 6.03 Å². The van der Waals surface area contributed by atoms with E-state index in [4.69, 9.17) is 4.74 Å². The van der Waals surface area contributed by atoms with Gasteiger partial charge in [-0.25, -0.2) is 4.79 Å². The SMILES string of the molecule is CCC1OCCC1CN1C(=O)NC(=O)C2(CCCC2)C1=O. The molecule has 2 atom stereocenters. The van der Waals surface area contributed by atoms with Crippen LogP contribution >= 0.6 is 0 Å². The zero-order chi connectivity index (χ0) is 15.0. The molecule has 4 amide bonds. The predicted molar refractivity (Wildman–Crippen MR) is 74.3 cm³/mol. The van der Waals surface area contributed by atoms with Crippen LogP contribution in [-0.2, 0) is 14.3 Å². The number of nitrogens with one attached hydrogen (secondary N) is 1. The summed E-state index contributed by atoms with van der Waals surface area (Å²) in [6, 6.07) is -0.565. The second kappa shape index (κ2) is 5.40. The molecule has 2 saturated heterocycles. The van der Waals surface area contributed by atoms with Crippen molar-refractivity contribution < 1.29 is 19.1 Å². The number of hydrogen-bond donors (Lipinski definition) is 1. The Balaban J connectivity index is 1.79. The van der Waals surface area contributed by atoms with Crippen molar-refractivity contribution in [2.45, 2.75) is 51.6 Å². The predicted octanol–water partition coefficient (Wildman–Crippen LogP) is 1.44. The number of hydrogen-bond acceptors (Lipinski definition) is 4. The van der Waals surface area contributed by atoms with Crippen molar-refractivity contribution >= 4 is 17.8 Å². The first kappa shape index (κ1) is 14.5. The quantitative estimate of drug-likeness (QED) is 0.799. The summed E-state index contributed by atoms with van der Waals surface area (Å²) < 4.78 is 5.63. The van der Waals surface area contributed by atoms with Gasteiger partial charge in [0.25, 0.3) is 0 Å². The molecule has 2 heterocycles. The second-order valence-corrected chi connectivity index (χ2v) is 6.33. The van der Waals surface area contributed by atoms with E-state index >= 15 is 0 Å². The first-order valence-corrected chi connectivity index (χ1v) is 7.87. The molecule has 3 rings (SSSR count). The Morgan fingerprint density at radius 1 is 1.29 bits per heavy atom. The Bertz CT molecular complexity index is 470. The van der Waals surface area contributed by atoms with Crippen LogP contribution < -0.4 is 5.32 Å². The van der Waals surface area contributed by atoms with E-state index in [1.165, 1.54) is 4.90 Å².